The van der Waals surface area contributed by atoms with E-state index < -0.39 is 8.80 Å². The van der Waals surface area contributed by atoms with Gasteiger partial charge < -0.3 is 13.3 Å². The van der Waals surface area contributed by atoms with Crippen LogP contribution in [0.25, 0.3) is 0 Å². The molecule has 0 atom stereocenters. The molecule has 3 nitrogen and oxygen atoms in total. The molecule has 0 aromatic rings. The van der Waals surface area contributed by atoms with Crippen LogP contribution in [0.3, 0.4) is 0 Å². The topological polar surface area (TPSA) is 27.7 Å². The highest BCUT2D eigenvalue weighted by molar-refractivity contribution is 6.62. The Morgan fingerprint density at radius 1 is 0.441 bits per heavy atom. The molecule has 0 saturated heterocycles. The van der Waals surface area contributed by atoms with E-state index in [0.29, 0.717) is 5.54 Å². The second-order valence-corrected chi connectivity index (χ2v) is 13.7. The minimum Gasteiger partial charge on any atom is -0.373 e. The molecule has 34 heavy (non-hydrogen) atoms. The summed E-state index contributed by atoms with van der Waals surface area (Å²) in [6, 6.07) is 0. The highest BCUT2D eigenvalue weighted by atomic mass is 28.4. The minimum absolute atomic E-state index is 0.529. The summed E-state index contributed by atoms with van der Waals surface area (Å²) in [5.41, 5.74) is 0.529. The van der Waals surface area contributed by atoms with Crippen molar-refractivity contribution in [2.45, 2.75) is 174 Å². The summed E-state index contributed by atoms with van der Waals surface area (Å²) in [5.74, 6) is 0. The van der Waals surface area contributed by atoms with E-state index >= 15 is 0 Å². The second-order valence-electron chi connectivity index (χ2n) is 10.8. The predicted molar refractivity (Wildman–Crippen MR) is 151 cm³/mol. The maximum atomic E-state index is 6.76. The molecule has 0 heterocycles. The van der Waals surface area contributed by atoms with Crippen LogP contribution >= 0.6 is 0 Å². The lowest BCUT2D eigenvalue weighted by Crippen LogP contribution is -2.51. The fourth-order valence-corrected chi connectivity index (χ4v) is 8.58. The van der Waals surface area contributed by atoms with E-state index in [-0.39, 0.29) is 0 Å². The first-order chi connectivity index (χ1) is 16.8. The number of hydrogen-bond donors (Lipinski definition) is 0. The molecule has 0 bridgehead atoms. The summed E-state index contributed by atoms with van der Waals surface area (Å²) in [5, 5.41) is 0. The molecule has 0 aliphatic heterocycles. The fraction of sp³-hybridized carbons (Fsp3) is 1.00. The van der Waals surface area contributed by atoms with Crippen molar-refractivity contribution in [3.05, 3.63) is 0 Å². The summed E-state index contributed by atoms with van der Waals surface area (Å²) in [7, 11) is -2.62. The largest absolute Gasteiger partial charge is 0.504 e. The first-order valence-electron chi connectivity index (χ1n) is 15.7. The summed E-state index contributed by atoms with van der Waals surface area (Å²) < 4.78 is 20.3. The third-order valence-corrected chi connectivity index (χ3v) is 10.9. The van der Waals surface area contributed by atoms with Crippen LogP contribution in [-0.4, -0.2) is 28.6 Å². The van der Waals surface area contributed by atoms with E-state index in [0.717, 1.165) is 39.1 Å². The van der Waals surface area contributed by atoms with Gasteiger partial charge in [0.05, 0.1) is 0 Å². The zero-order valence-electron chi connectivity index (χ0n) is 23.7. The van der Waals surface area contributed by atoms with Crippen molar-refractivity contribution in [3.63, 3.8) is 0 Å². The zero-order chi connectivity index (χ0) is 24.6. The molecule has 0 unspecified atom stereocenters. The third-order valence-electron chi connectivity index (χ3n) is 7.51. The first-order valence-corrected chi connectivity index (χ1v) is 17.5. The Morgan fingerprint density at radius 3 is 1.12 bits per heavy atom. The second kappa shape index (κ2) is 23.5. The van der Waals surface area contributed by atoms with Crippen molar-refractivity contribution in [1.82, 2.24) is 0 Å². The fourth-order valence-electron chi connectivity index (χ4n) is 5.23. The number of hydrogen-bond acceptors (Lipinski definition) is 3. The van der Waals surface area contributed by atoms with Gasteiger partial charge in [0.2, 0.25) is 0 Å². The van der Waals surface area contributed by atoms with Crippen LogP contribution < -0.4 is 0 Å². The van der Waals surface area contributed by atoms with E-state index in [1.54, 1.807) is 0 Å². The average Bonchev–Trinajstić information content (AvgIpc) is 2.87. The zero-order valence-corrected chi connectivity index (χ0v) is 24.7. The summed E-state index contributed by atoms with van der Waals surface area (Å²) >= 11 is 0. The van der Waals surface area contributed by atoms with Crippen LogP contribution in [0.2, 0.25) is 5.54 Å². The van der Waals surface area contributed by atoms with Gasteiger partial charge in [0.25, 0.3) is 0 Å². The quantitative estimate of drug-likeness (QED) is 0.0925. The van der Waals surface area contributed by atoms with Crippen molar-refractivity contribution in [2.24, 2.45) is 0 Å². The van der Waals surface area contributed by atoms with Gasteiger partial charge in [-0.1, -0.05) is 136 Å². The van der Waals surface area contributed by atoms with Gasteiger partial charge in [-0.3, -0.25) is 0 Å². The number of rotatable bonds is 25. The molecule has 204 valence electrons. The van der Waals surface area contributed by atoms with Crippen LogP contribution in [0.1, 0.15) is 168 Å². The van der Waals surface area contributed by atoms with Crippen LogP contribution in [0, 0.1) is 0 Å². The molecule has 0 spiro atoms. The molecule has 1 saturated carbocycles. The Balaban J connectivity index is 2.60. The van der Waals surface area contributed by atoms with Crippen molar-refractivity contribution in [3.8, 4) is 0 Å². The van der Waals surface area contributed by atoms with Gasteiger partial charge in [0, 0.05) is 25.4 Å². The van der Waals surface area contributed by atoms with Gasteiger partial charge in [-0.05, 0) is 32.1 Å². The Labute approximate surface area is 215 Å². The summed E-state index contributed by atoms with van der Waals surface area (Å²) in [6.45, 7) is 9.37. The molecule has 1 fully saturated rings. The molecule has 1 aliphatic carbocycles. The lowest BCUT2D eigenvalue weighted by Gasteiger charge is -2.38. The van der Waals surface area contributed by atoms with E-state index in [1.807, 2.05) is 0 Å². The molecule has 0 N–H and O–H groups in total. The van der Waals surface area contributed by atoms with E-state index in [9.17, 15) is 0 Å². The Hall–Kier alpha value is 0.0969. The lowest BCUT2D eigenvalue weighted by atomic mass is 10.0. The van der Waals surface area contributed by atoms with Crippen molar-refractivity contribution in [1.29, 1.82) is 0 Å². The van der Waals surface area contributed by atoms with Gasteiger partial charge in [-0.25, -0.2) is 0 Å². The van der Waals surface area contributed by atoms with Crippen LogP contribution in [-0.2, 0) is 13.3 Å². The third kappa shape index (κ3) is 16.0. The molecule has 0 amide bonds. The van der Waals surface area contributed by atoms with E-state index in [4.69, 9.17) is 13.3 Å². The van der Waals surface area contributed by atoms with Crippen molar-refractivity contribution < 1.29 is 13.3 Å². The van der Waals surface area contributed by atoms with E-state index in [2.05, 4.69) is 20.8 Å². The Morgan fingerprint density at radius 2 is 0.765 bits per heavy atom. The maximum Gasteiger partial charge on any atom is 0.504 e. The highest BCUT2D eigenvalue weighted by Gasteiger charge is 2.49. The smallest absolute Gasteiger partial charge is 0.373 e. The Bertz CT molecular complexity index is 366. The van der Waals surface area contributed by atoms with Gasteiger partial charge >= 0.3 is 8.80 Å². The molecular weight excluding hydrogens is 436 g/mol. The van der Waals surface area contributed by atoms with Crippen molar-refractivity contribution in [2.75, 3.05) is 19.8 Å². The SMILES string of the molecule is CCCCCCCCO[Si](OCCCCCCCC)(OCCCCCCCC)C1CCCCC1. The molecule has 0 radical (unpaired) electrons. The molecule has 1 rings (SSSR count). The average molecular weight is 499 g/mol. The van der Waals surface area contributed by atoms with Crippen molar-refractivity contribution >= 4 is 8.80 Å². The normalized spacial score (nSPS) is 15.3. The van der Waals surface area contributed by atoms with Crippen LogP contribution in [0.5, 0.6) is 0 Å². The lowest BCUT2D eigenvalue weighted by molar-refractivity contribution is 0.0413. The minimum atomic E-state index is -2.62. The maximum absolute atomic E-state index is 6.76. The highest BCUT2D eigenvalue weighted by Crippen LogP contribution is 2.39. The summed E-state index contributed by atoms with van der Waals surface area (Å²) in [6.07, 6.45) is 30.0. The van der Waals surface area contributed by atoms with Gasteiger partial charge in [-0.15, -0.1) is 0 Å². The molecule has 4 heteroatoms. The molecule has 0 aromatic heterocycles. The molecular formula is C30H62O3Si. The molecule has 1 aliphatic rings. The van der Waals surface area contributed by atoms with Crippen LogP contribution in [0.15, 0.2) is 0 Å². The van der Waals surface area contributed by atoms with Gasteiger partial charge in [-0.2, -0.15) is 0 Å². The standard InChI is InChI=1S/C30H62O3Si/c1-4-7-10-13-16-22-27-31-34(30-25-20-19-21-26-30,32-28-23-17-14-11-8-5-2)33-29-24-18-15-12-9-6-3/h30H,4-29H2,1-3H3. The monoisotopic (exact) mass is 498 g/mol. The first kappa shape index (κ1) is 32.1. The summed E-state index contributed by atoms with van der Waals surface area (Å²) in [4.78, 5) is 0. The number of unbranched alkanes of at least 4 members (excludes halogenated alkanes) is 15. The predicted octanol–water partition coefficient (Wildman–Crippen LogP) is 10.4. The van der Waals surface area contributed by atoms with Gasteiger partial charge in [0.1, 0.15) is 0 Å². The van der Waals surface area contributed by atoms with E-state index in [1.165, 1.54) is 128 Å². The van der Waals surface area contributed by atoms with Crippen LogP contribution in [0.4, 0.5) is 0 Å². The Kier molecular flexibility index (Phi) is 22.2. The molecule has 0 aromatic carbocycles. The van der Waals surface area contributed by atoms with Gasteiger partial charge in [0.15, 0.2) is 0 Å².